The van der Waals surface area contributed by atoms with E-state index in [-0.39, 0.29) is 6.10 Å². The second-order valence-electron chi connectivity index (χ2n) is 5.45. The summed E-state index contributed by atoms with van der Waals surface area (Å²) in [6.07, 6.45) is 2.85. The van der Waals surface area contributed by atoms with E-state index in [4.69, 9.17) is 14.2 Å². The molecule has 0 amide bonds. The fourth-order valence-corrected chi connectivity index (χ4v) is 2.79. The number of fused-ring (bicyclic) bond motifs is 1. The van der Waals surface area contributed by atoms with Crippen molar-refractivity contribution < 1.29 is 14.2 Å². The van der Waals surface area contributed by atoms with Crippen molar-refractivity contribution in [2.75, 3.05) is 27.4 Å². The van der Waals surface area contributed by atoms with Gasteiger partial charge in [-0.15, -0.1) is 0 Å². The molecule has 1 atom stereocenters. The lowest BCUT2D eigenvalue weighted by atomic mass is 9.98. The molecule has 0 aromatic heterocycles. The zero-order valence-electron chi connectivity index (χ0n) is 13.5. The SMILES string of the molecule is COc1cc(C=NC[C@@H]2OCCc3ccccc32)cc(OC)c1. The first-order valence-corrected chi connectivity index (χ1v) is 7.72. The van der Waals surface area contributed by atoms with Crippen LogP contribution in [0.25, 0.3) is 0 Å². The lowest BCUT2D eigenvalue weighted by Crippen LogP contribution is -2.18. The van der Waals surface area contributed by atoms with Gasteiger partial charge in [0.15, 0.2) is 0 Å². The van der Waals surface area contributed by atoms with E-state index in [0.29, 0.717) is 6.54 Å². The van der Waals surface area contributed by atoms with Gasteiger partial charge in [0.1, 0.15) is 17.6 Å². The Morgan fingerprint density at radius 3 is 2.61 bits per heavy atom. The highest BCUT2D eigenvalue weighted by Crippen LogP contribution is 2.27. The van der Waals surface area contributed by atoms with Crippen LogP contribution < -0.4 is 9.47 Å². The van der Waals surface area contributed by atoms with Crippen LogP contribution >= 0.6 is 0 Å². The van der Waals surface area contributed by atoms with Crippen LogP contribution in [-0.4, -0.2) is 33.6 Å². The molecule has 0 spiro atoms. The molecule has 120 valence electrons. The summed E-state index contributed by atoms with van der Waals surface area (Å²) in [7, 11) is 3.28. The first-order valence-electron chi connectivity index (χ1n) is 7.72. The lowest BCUT2D eigenvalue weighted by Gasteiger charge is -2.24. The topological polar surface area (TPSA) is 40.0 Å². The minimum absolute atomic E-state index is 0.0312. The third kappa shape index (κ3) is 3.71. The van der Waals surface area contributed by atoms with Gasteiger partial charge in [-0.1, -0.05) is 24.3 Å². The summed E-state index contributed by atoms with van der Waals surface area (Å²) >= 11 is 0. The molecule has 0 N–H and O–H groups in total. The van der Waals surface area contributed by atoms with Gasteiger partial charge < -0.3 is 14.2 Å². The molecule has 1 aliphatic rings. The van der Waals surface area contributed by atoms with Crippen LogP contribution in [0.4, 0.5) is 0 Å². The third-order valence-corrected chi connectivity index (χ3v) is 3.98. The van der Waals surface area contributed by atoms with E-state index in [1.807, 2.05) is 24.4 Å². The summed E-state index contributed by atoms with van der Waals surface area (Å²) in [5, 5.41) is 0. The van der Waals surface area contributed by atoms with E-state index in [9.17, 15) is 0 Å². The molecule has 0 aliphatic carbocycles. The predicted octanol–water partition coefficient (Wildman–Crippen LogP) is 3.44. The van der Waals surface area contributed by atoms with Crippen LogP contribution in [0.15, 0.2) is 47.5 Å². The van der Waals surface area contributed by atoms with Crippen molar-refractivity contribution >= 4 is 6.21 Å². The van der Waals surface area contributed by atoms with Crippen molar-refractivity contribution in [3.05, 3.63) is 59.2 Å². The van der Waals surface area contributed by atoms with Gasteiger partial charge in [0.25, 0.3) is 0 Å². The van der Waals surface area contributed by atoms with Gasteiger partial charge in [0, 0.05) is 12.3 Å². The Hall–Kier alpha value is -2.33. The lowest BCUT2D eigenvalue weighted by molar-refractivity contribution is 0.0489. The number of ether oxygens (including phenoxy) is 3. The second kappa shape index (κ2) is 7.29. The fourth-order valence-electron chi connectivity index (χ4n) is 2.79. The standard InChI is InChI=1S/C19H21NO3/c1-21-16-9-14(10-17(11-16)22-2)12-20-13-19-18-6-4-3-5-15(18)7-8-23-19/h3-6,9-12,19H,7-8,13H2,1-2H3/t19-/m0/s1. The van der Waals surface area contributed by atoms with Crippen LogP contribution in [0.2, 0.25) is 0 Å². The minimum atomic E-state index is 0.0312. The van der Waals surface area contributed by atoms with Crippen molar-refractivity contribution in [1.29, 1.82) is 0 Å². The second-order valence-corrected chi connectivity index (χ2v) is 5.45. The molecule has 0 fully saturated rings. The Morgan fingerprint density at radius 1 is 1.13 bits per heavy atom. The average Bonchev–Trinajstić information content (AvgIpc) is 2.61. The molecule has 0 saturated heterocycles. The number of methoxy groups -OCH3 is 2. The molecule has 0 saturated carbocycles. The Morgan fingerprint density at radius 2 is 1.87 bits per heavy atom. The zero-order valence-corrected chi connectivity index (χ0v) is 13.5. The van der Waals surface area contributed by atoms with Crippen molar-refractivity contribution in [3.8, 4) is 11.5 Å². The summed E-state index contributed by atoms with van der Waals surface area (Å²) in [6.45, 7) is 1.36. The molecule has 2 aromatic carbocycles. The van der Waals surface area contributed by atoms with E-state index in [2.05, 4.69) is 29.3 Å². The van der Waals surface area contributed by atoms with E-state index in [1.165, 1.54) is 11.1 Å². The summed E-state index contributed by atoms with van der Waals surface area (Å²) in [5.74, 6) is 1.51. The van der Waals surface area contributed by atoms with Crippen LogP contribution in [-0.2, 0) is 11.2 Å². The summed E-state index contributed by atoms with van der Waals surface area (Å²) < 4.78 is 16.4. The van der Waals surface area contributed by atoms with E-state index in [1.54, 1.807) is 14.2 Å². The number of hydrogen-bond donors (Lipinski definition) is 0. The van der Waals surface area contributed by atoms with E-state index >= 15 is 0 Å². The quantitative estimate of drug-likeness (QED) is 0.794. The van der Waals surface area contributed by atoms with Gasteiger partial charge in [-0.05, 0) is 35.2 Å². The maximum absolute atomic E-state index is 5.87. The minimum Gasteiger partial charge on any atom is -0.497 e. The van der Waals surface area contributed by atoms with Gasteiger partial charge in [-0.25, -0.2) is 0 Å². The van der Waals surface area contributed by atoms with Crippen LogP contribution in [0, 0.1) is 0 Å². The highest BCUT2D eigenvalue weighted by molar-refractivity contribution is 5.81. The number of rotatable bonds is 5. The van der Waals surface area contributed by atoms with Gasteiger partial charge in [0.05, 0.1) is 27.4 Å². The predicted molar refractivity (Wildman–Crippen MR) is 90.8 cm³/mol. The summed E-state index contributed by atoms with van der Waals surface area (Å²) in [5.41, 5.74) is 3.56. The maximum atomic E-state index is 5.87. The number of nitrogens with zero attached hydrogens (tertiary/aromatic N) is 1. The molecular formula is C19H21NO3. The van der Waals surface area contributed by atoms with E-state index in [0.717, 1.165) is 30.1 Å². The summed E-state index contributed by atoms with van der Waals surface area (Å²) in [6, 6.07) is 14.1. The monoisotopic (exact) mass is 311 g/mol. The molecule has 0 bridgehead atoms. The van der Waals surface area contributed by atoms with E-state index < -0.39 is 0 Å². The van der Waals surface area contributed by atoms with Crippen molar-refractivity contribution in [3.63, 3.8) is 0 Å². The Balaban J connectivity index is 1.73. The number of hydrogen-bond acceptors (Lipinski definition) is 4. The highest BCUT2D eigenvalue weighted by atomic mass is 16.5. The van der Waals surface area contributed by atoms with Crippen LogP contribution in [0.5, 0.6) is 11.5 Å². The van der Waals surface area contributed by atoms with Gasteiger partial charge in [-0.3, -0.25) is 4.99 Å². The summed E-state index contributed by atoms with van der Waals surface area (Å²) in [4.78, 5) is 4.55. The normalized spacial score (nSPS) is 17.0. The molecule has 0 unspecified atom stereocenters. The van der Waals surface area contributed by atoms with Crippen molar-refractivity contribution in [1.82, 2.24) is 0 Å². The third-order valence-electron chi connectivity index (χ3n) is 3.98. The van der Waals surface area contributed by atoms with Gasteiger partial charge in [0.2, 0.25) is 0 Å². The molecule has 1 heterocycles. The zero-order chi connectivity index (χ0) is 16.1. The molecular weight excluding hydrogens is 290 g/mol. The van der Waals surface area contributed by atoms with Gasteiger partial charge in [-0.2, -0.15) is 0 Å². The number of benzene rings is 2. The molecule has 3 rings (SSSR count). The smallest absolute Gasteiger partial charge is 0.123 e. The molecule has 4 nitrogen and oxygen atoms in total. The number of aliphatic imine (C=N–C) groups is 1. The Kier molecular flexibility index (Phi) is 4.93. The highest BCUT2D eigenvalue weighted by Gasteiger charge is 2.19. The Labute approximate surface area is 136 Å². The Bertz CT molecular complexity index is 675. The van der Waals surface area contributed by atoms with Crippen molar-refractivity contribution in [2.24, 2.45) is 4.99 Å². The molecule has 4 heteroatoms. The molecule has 23 heavy (non-hydrogen) atoms. The van der Waals surface area contributed by atoms with Crippen LogP contribution in [0.3, 0.4) is 0 Å². The van der Waals surface area contributed by atoms with Crippen molar-refractivity contribution in [2.45, 2.75) is 12.5 Å². The van der Waals surface area contributed by atoms with Crippen LogP contribution in [0.1, 0.15) is 22.8 Å². The fraction of sp³-hybridized carbons (Fsp3) is 0.316. The molecule has 0 radical (unpaired) electrons. The molecule has 2 aromatic rings. The first-order chi connectivity index (χ1) is 11.3. The first kappa shape index (κ1) is 15.6. The molecule has 1 aliphatic heterocycles. The van der Waals surface area contributed by atoms with Gasteiger partial charge >= 0.3 is 0 Å². The largest absolute Gasteiger partial charge is 0.497 e. The maximum Gasteiger partial charge on any atom is 0.123 e. The average molecular weight is 311 g/mol.